The van der Waals surface area contributed by atoms with Crippen molar-refractivity contribution in [1.29, 1.82) is 0 Å². The Hall–Kier alpha value is -3.48. The summed E-state index contributed by atoms with van der Waals surface area (Å²) in [5, 5.41) is 9.06. The second-order valence-corrected chi connectivity index (χ2v) is 5.41. The highest BCUT2D eigenvalue weighted by Crippen LogP contribution is 2.39. The highest BCUT2D eigenvalue weighted by molar-refractivity contribution is 6.15. The van der Waals surface area contributed by atoms with Crippen LogP contribution in [0.25, 0.3) is 6.08 Å². The molecule has 1 heterocycles. The zero-order valence-corrected chi connectivity index (χ0v) is 14.4. The Morgan fingerprint density at radius 3 is 2.23 bits per heavy atom. The molecule has 0 amide bonds. The van der Waals surface area contributed by atoms with Crippen LogP contribution in [0.1, 0.15) is 26.3 Å². The lowest BCUT2D eigenvalue weighted by molar-refractivity contribution is 0.0697. The Morgan fingerprint density at radius 1 is 1.04 bits per heavy atom. The fourth-order valence-corrected chi connectivity index (χ4v) is 2.66. The molecule has 7 nitrogen and oxygen atoms in total. The number of carbonyl (C=O) groups is 2. The van der Waals surface area contributed by atoms with Crippen molar-refractivity contribution in [3.05, 3.63) is 52.8 Å². The van der Waals surface area contributed by atoms with Crippen LogP contribution in [0.3, 0.4) is 0 Å². The van der Waals surface area contributed by atoms with E-state index in [0.717, 1.165) is 0 Å². The molecule has 1 aliphatic heterocycles. The Balaban J connectivity index is 2.01. The number of Topliss-reactive ketones (excluding diaryl/α,β-unsaturated/α-hetero) is 1. The van der Waals surface area contributed by atoms with E-state index in [-0.39, 0.29) is 16.9 Å². The zero-order chi connectivity index (χ0) is 18.8. The van der Waals surface area contributed by atoms with Gasteiger partial charge in [-0.2, -0.15) is 0 Å². The summed E-state index contributed by atoms with van der Waals surface area (Å²) in [5.41, 5.74) is 0.840. The minimum Gasteiger partial charge on any atom is -0.493 e. The molecule has 0 saturated heterocycles. The third-order valence-corrected chi connectivity index (χ3v) is 3.90. The van der Waals surface area contributed by atoms with Gasteiger partial charge in [-0.3, -0.25) is 4.79 Å². The number of fused-ring (bicyclic) bond motifs is 1. The second-order valence-electron chi connectivity index (χ2n) is 5.41. The summed E-state index contributed by atoms with van der Waals surface area (Å²) in [5.74, 6) is 0.213. The monoisotopic (exact) mass is 356 g/mol. The first-order chi connectivity index (χ1) is 12.5. The van der Waals surface area contributed by atoms with Gasteiger partial charge in [-0.25, -0.2) is 4.79 Å². The Bertz CT molecular complexity index is 902. The van der Waals surface area contributed by atoms with Gasteiger partial charge in [0.1, 0.15) is 5.75 Å². The molecule has 3 rings (SSSR count). The van der Waals surface area contributed by atoms with E-state index in [1.165, 1.54) is 45.6 Å². The van der Waals surface area contributed by atoms with Crippen molar-refractivity contribution in [3.8, 4) is 23.0 Å². The first kappa shape index (κ1) is 17.3. The van der Waals surface area contributed by atoms with Crippen LogP contribution in [0.4, 0.5) is 0 Å². The van der Waals surface area contributed by atoms with Crippen LogP contribution < -0.4 is 18.9 Å². The van der Waals surface area contributed by atoms with Gasteiger partial charge in [-0.05, 0) is 42.0 Å². The van der Waals surface area contributed by atoms with Crippen LogP contribution in [0.2, 0.25) is 0 Å². The molecule has 0 radical (unpaired) electrons. The molecule has 2 aromatic rings. The summed E-state index contributed by atoms with van der Waals surface area (Å²) in [6.45, 7) is 0. The van der Waals surface area contributed by atoms with E-state index < -0.39 is 11.8 Å². The number of benzene rings is 2. The number of ether oxygens (including phenoxy) is 4. The summed E-state index contributed by atoms with van der Waals surface area (Å²) in [6.07, 6.45) is 1.53. The summed E-state index contributed by atoms with van der Waals surface area (Å²) < 4.78 is 21.4. The lowest BCUT2D eigenvalue weighted by Crippen LogP contribution is -2.01. The maximum Gasteiger partial charge on any atom is 0.335 e. The minimum absolute atomic E-state index is 0.0229. The number of allylic oxidation sites excluding steroid dienone is 1. The van der Waals surface area contributed by atoms with Crippen LogP contribution in [-0.4, -0.2) is 38.2 Å². The molecule has 0 atom stereocenters. The average Bonchev–Trinajstić information content (AvgIpc) is 2.95. The number of rotatable bonds is 5. The first-order valence-electron chi connectivity index (χ1n) is 7.60. The number of carboxylic acid groups (broad SMARTS) is 1. The van der Waals surface area contributed by atoms with Gasteiger partial charge >= 0.3 is 5.97 Å². The molecular formula is C19H16O7. The second kappa shape index (κ2) is 6.79. The van der Waals surface area contributed by atoms with E-state index in [4.69, 9.17) is 24.1 Å². The molecule has 0 fully saturated rings. The van der Waals surface area contributed by atoms with E-state index in [0.29, 0.717) is 28.6 Å². The lowest BCUT2D eigenvalue weighted by Gasteiger charge is -2.13. The van der Waals surface area contributed by atoms with Crippen molar-refractivity contribution < 1.29 is 33.6 Å². The Kier molecular flexibility index (Phi) is 4.53. The summed E-state index contributed by atoms with van der Waals surface area (Å²) in [7, 11) is 4.49. The largest absolute Gasteiger partial charge is 0.493 e. The van der Waals surface area contributed by atoms with E-state index in [9.17, 15) is 9.59 Å². The Labute approximate surface area is 149 Å². The number of carboxylic acids is 1. The van der Waals surface area contributed by atoms with E-state index >= 15 is 0 Å². The molecule has 0 aromatic heterocycles. The molecule has 26 heavy (non-hydrogen) atoms. The van der Waals surface area contributed by atoms with Crippen LogP contribution in [0, 0.1) is 0 Å². The van der Waals surface area contributed by atoms with Crippen LogP contribution in [0.15, 0.2) is 36.1 Å². The van der Waals surface area contributed by atoms with Gasteiger partial charge < -0.3 is 24.1 Å². The molecule has 0 spiro atoms. The van der Waals surface area contributed by atoms with E-state index in [2.05, 4.69) is 0 Å². The summed E-state index contributed by atoms with van der Waals surface area (Å²) >= 11 is 0. The van der Waals surface area contributed by atoms with Gasteiger partial charge in [0, 0.05) is 0 Å². The number of carbonyl (C=O) groups excluding carboxylic acids is 1. The minimum atomic E-state index is -1.11. The van der Waals surface area contributed by atoms with Crippen molar-refractivity contribution in [3.63, 3.8) is 0 Å². The van der Waals surface area contributed by atoms with E-state index in [1.807, 2.05) is 0 Å². The predicted octanol–water partition coefficient (Wildman–Crippen LogP) is 3.03. The maximum atomic E-state index is 12.5. The van der Waals surface area contributed by atoms with Gasteiger partial charge in [0.15, 0.2) is 17.3 Å². The predicted molar refractivity (Wildman–Crippen MR) is 92.4 cm³/mol. The quantitative estimate of drug-likeness (QED) is 0.823. The van der Waals surface area contributed by atoms with Gasteiger partial charge in [0.25, 0.3) is 0 Å². The van der Waals surface area contributed by atoms with Crippen molar-refractivity contribution in [2.75, 3.05) is 21.3 Å². The number of aromatic carboxylic acids is 1. The Morgan fingerprint density at radius 2 is 1.69 bits per heavy atom. The highest BCUT2D eigenvalue weighted by Gasteiger charge is 2.28. The smallest absolute Gasteiger partial charge is 0.335 e. The number of hydrogen-bond acceptors (Lipinski definition) is 6. The lowest BCUT2D eigenvalue weighted by atomic mass is 10.1. The zero-order valence-electron chi connectivity index (χ0n) is 14.4. The van der Waals surface area contributed by atoms with Crippen LogP contribution >= 0.6 is 0 Å². The van der Waals surface area contributed by atoms with Gasteiger partial charge in [-0.15, -0.1) is 0 Å². The summed E-state index contributed by atoms with van der Waals surface area (Å²) in [4.78, 5) is 23.6. The first-order valence-corrected chi connectivity index (χ1v) is 7.60. The topological polar surface area (TPSA) is 91.3 Å². The van der Waals surface area contributed by atoms with Crippen molar-refractivity contribution in [2.24, 2.45) is 0 Å². The third-order valence-electron chi connectivity index (χ3n) is 3.90. The van der Waals surface area contributed by atoms with Crippen LogP contribution in [-0.2, 0) is 0 Å². The van der Waals surface area contributed by atoms with Crippen LogP contribution in [0.5, 0.6) is 23.0 Å². The molecular weight excluding hydrogens is 340 g/mol. The molecule has 0 unspecified atom stereocenters. The fourth-order valence-electron chi connectivity index (χ4n) is 2.66. The molecule has 1 aliphatic rings. The normalized spacial score (nSPS) is 14.0. The van der Waals surface area contributed by atoms with Crippen molar-refractivity contribution in [1.82, 2.24) is 0 Å². The third kappa shape index (κ3) is 2.95. The molecule has 0 bridgehead atoms. The average molecular weight is 356 g/mol. The SMILES string of the molecule is COc1cc(C=C2Oc3ccc(C(=O)O)cc3C2=O)cc(OC)c1OC. The van der Waals surface area contributed by atoms with Crippen molar-refractivity contribution in [2.45, 2.75) is 0 Å². The standard InChI is InChI=1S/C19H16O7/c1-23-15-7-10(8-16(24-2)18(15)25-3)6-14-17(20)12-9-11(19(21)22)4-5-13(12)26-14/h4-9H,1-3H3,(H,21,22). The molecule has 7 heteroatoms. The number of ketones is 1. The van der Waals surface area contributed by atoms with E-state index in [1.54, 1.807) is 12.1 Å². The van der Waals surface area contributed by atoms with Gasteiger partial charge in [-0.1, -0.05) is 0 Å². The number of hydrogen-bond donors (Lipinski definition) is 1. The molecule has 134 valence electrons. The fraction of sp³-hybridized carbons (Fsp3) is 0.158. The summed E-state index contributed by atoms with van der Waals surface area (Å²) in [6, 6.07) is 7.51. The van der Waals surface area contributed by atoms with Gasteiger partial charge in [0.05, 0.1) is 32.5 Å². The van der Waals surface area contributed by atoms with Gasteiger partial charge in [0.2, 0.25) is 11.5 Å². The number of methoxy groups -OCH3 is 3. The molecule has 0 aliphatic carbocycles. The molecule has 0 saturated carbocycles. The highest BCUT2D eigenvalue weighted by atomic mass is 16.5. The molecule has 1 N–H and O–H groups in total. The maximum absolute atomic E-state index is 12.5. The van der Waals surface area contributed by atoms with Crippen molar-refractivity contribution >= 4 is 17.8 Å². The molecule has 2 aromatic carbocycles.